The zero-order valence-corrected chi connectivity index (χ0v) is 22.1. The SMILES string of the molecule is Cc1cnc(C(=O)NN(C(N)=O)[C@@H]2N=C(c3ccccc3)c3ccccc3NC2=O)c(-c2cnc(C3CC3)nc2)c1. The molecule has 3 heterocycles. The number of para-hydroxylation sites is 1. The molecule has 0 spiro atoms. The minimum atomic E-state index is -1.51. The lowest BCUT2D eigenvalue weighted by molar-refractivity contribution is -0.120. The van der Waals surface area contributed by atoms with E-state index in [1.807, 2.05) is 49.4 Å². The zero-order chi connectivity index (χ0) is 28.5. The van der Waals surface area contributed by atoms with Gasteiger partial charge in [0.1, 0.15) is 11.5 Å². The number of primary amides is 1. The van der Waals surface area contributed by atoms with Crippen molar-refractivity contribution in [1.29, 1.82) is 0 Å². The van der Waals surface area contributed by atoms with Crippen LogP contribution >= 0.6 is 0 Å². The van der Waals surface area contributed by atoms with Gasteiger partial charge in [-0.25, -0.2) is 24.8 Å². The van der Waals surface area contributed by atoms with Gasteiger partial charge in [0.2, 0.25) is 6.17 Å². The number of fused-ring (bicyclic) bond motifs is 1. The molecule has 6 rings (SSSR count). The molecule has 2 aliphatic rings. The van der Waals surface area contributed by atoms with Crippen molar-refractivity contribution in [2.75, 3.05) is 5.32 Å². The number of hydrazine groups is 1. The van der Waals surface area contributed by atoms with Crippen molar-refractivity contribution in [2.24, 2.45) is 10.7 Å². The van der Waals surface area contributed by atoms with Crippen LogP contribution in [0.25, 0.3) is 11.1 Å². The van der Waals surface area contributed by atoms with Gasteiger partial charge in [0.15, 0.2) is 0 Å². The second-order valence-corrected chi connectivity index (χ2v) is 9.91. The van der Waals surface area contributed by atoms with Gasteiger partial charge in [0.05, 0.1) is 11.4 Å². The van der Waals surface area contributed by atoms with Crippen LogP contribution < -0.4 is 16.5 Å². The molecule has 1 fully saturated rings. The number of amides is 4. The van der Waals surface area contributed by atoms with E-state index < -0.39 is 24.0 Å². The summed E-state index contributed by atoms with van der Waals surface area (Å²) in [6, 6.07) is 17.1. The first-order chi connectivity index (χ1) is 19.9. The maximum atomic E-state index is 13.6. The minimum absolute atomic E-state index is 0.00852. The van der Waals surface area contributed by atoms with Crippen molar-refractivity contribution in [3.63, 3.8) is 0 Å². The number of nitrogens with two attached hydrogens (primary N) is 1. The third kappa shape index (κ3) is 5.24. The molecule has 4 N–H and O–H groups in total. The van der Waals surface area contributed by atoms with E-state index in [0.717, 1.165) is 24.2 Å². The average Bonchev–Trinajstić information content (AvgIpc) is 3.84. The van der Waals surface area contributed by atoms with Crippen molar-refractivity contribution < 1.29 is 14.4 Å². The van der Waals surface area contributed by atoms with Crippen molar-refractivity contribution in [2.45, 2.75) is 31.8 Å². The van der Waals surface area contributed by atoms with Gasteiger partial charge in [-0.1, -0.05) is 48.5 Å². The number of benzodiazepines with no additional fused rings is 1. The van der Waals surface area contributed by atoms with Gasteiger partial charge < -0.3 is 11.1 Å². The highest BCUT2D eigenvalue weighted by atomic mass is 16.2. The number of rotatable bonds is 5. The Bertz CT molecular complexity index is 1680. The monoisotopic (exact) mass is 546 g/mol. The summed E-state index contributed by atoms with van der Waals surface area (Å²) >= 11 is 0. The molecule has 4 amide bonds. The van der Waals surface area contributed by atoms with Crippen LogP contribution in [0, 0.1) is 6.92 Å². The van der Waals surface area contributed by atoms with Gasteiger partial charge in [-0.15, -0.1) is 0 Å². The van der Waals surface area contributed by atoms with E-state index in [4.69, 9.17) is 5.73 Å². The highest BCUT2D eigenvalue weighted by Gasteiger charge is 2.35. The van der Waals surface area contributed by atoms with Crippen molar-refractivity contribution in [3.05, 3.63) is 107 Å². The fraction of sp³-hybridized carbons (Fsp3) is 0.167. The molecule has 0 saturated heterocycles. The standard InChI is InChI=1S/C30H26N8O3/c1-17-13-22(20-15-33-26(34-16-20)19-11-12-19)25(32-14-17)28(39)37-38(30(31)41)27-29(40)35-23-10-6-5-9-21(23)24(36-27)18-7-3-2-4-8-18/h2-10,13-16,19,27H,11-12H2,1H3,(H2,31,41)(H,35,40)(H,37,39)/t27-/m0/s1. The van der Waals surface area contributed by atoms with Crippen LogP contribution in [0.1, 0.15) is 51.8 Å². The maximum absolute atomic E-state index is 13.6. The van der Waals surface area contributed by atoms with E-state index in [9.17, 15) is 14.4 Å². The van der Waals surface area contributed by atoms with Crippen LogP contribution in [0.3, 0.4) is 0 Å². The van der Waals surface area contributed by atoms with E-state index in [0.29, 0.717) is 44.6 Å². The first-order valence-corrected chi connectivity index (χ1v) is 13.1. The Morgan fingerprint density at radius 2 is 1.63 bits per heavy atom. The van der Waals surface area contributed by atoms with Gasteiger partial charge >= 0.3 is 6.03 Å². The number of hydrogen-bond acceptors (Lipinski definition) is 7. The van der Waals surface area contributed by atoms with E-state index >= 15 is 0 Å². The van der Waals surface area contributed by atoms with Crippen LogP contribution in [0.4, 0.5) is 10.5 Å². The number of pyridine rings is 1. The van der Waals surface area contributed by atoms with Crippen molar-refractivity contribution in [1.82, 2.24) is 25.4 Å². The molecule has 0 radical (unpaired) electrons. The summed E-state index contributed by atoms with van der Waals surface area (Å²) < 4.78 is 0. The predicted octanol–water partition coefficient (Wildman–Crippen LogP) is 3.57. The first-order valence-electron chi connectivity index (χ1n) is 13.1. The van der Waals surface area contributed by atoms with Crippen LogP contribution in [0.5, 0.6) is 0 Å². The third-order valence-electron chi connectivity index (χ3n) is 6.84. The van der Waals surface area contributed by atoms with Crippen LogP contribution in [0.15, 0.2) is 84.2 Å². The number of aromatic nitrogens is 3. The van der Waals surface area contributed by atoms with Gasteiger partial charge in [0, 0.05) is 46.8 Å². The van der Waals surface area contributed by atoms with E-state index in [-0.39, 0.29) is 5.69 Å². The second kappa shape index (κ2) is 10.6. The Morgan fingerprint density at radius 1 is 0.927 bits per heavy atom. The number of aryl methyl sites for hydroxylation is 1. The molecule has 2 aromatic heterocycles. The van der Waals surface area contributed by atoms with E-state index in [1.54, 1.807) is 30.6 Å². The normalized spacial score (nSPS) is 16.1. The quantitative estimate of drug-likeness (QED) is 0.325. The van der Waals surface area contributed by atoms with Gasteiger partial charge in [-0.3, -0.25) is 20.0 Å². The highest BCUT2D eigenvalue weighted by molar-refractivity contribution is 6.19. The molecule has 4 aromatic rings. The molecular formula is C30H26N8O3. The summed E-state index contributed by atoms with van der Waals surface area (Å²) in [6.07, 6.45) is 5.48. The number of hydrogen-bond donors (Lipinski definition) is 3. The second-order valence-electron chi connectivity index (χ2n) is 9.91. The molecule has 2 aromatic carbocycles. The van der Waals surface area contributed by atoms with Crippen molar-refractivity contribution >= 4 is 29.2 Å². The highest BCUT2D eigenvalue weighted by Crippen LogP contribution is 2.38. The number of nitrogens with one attached hydrogen (secondary N) is 2. The Hall–Kier alpha value is -5.45. The largest absolute Gasteiger partial charge is 0.350 e. The summed E-state index contributed by atoms with van der Waals surface area (Å²) in [7, 11) is 0. The number of urea groups is 1. The minimum Gasteiger partial charge on any atom is -0.350 e. The number of carbonyl (C=O) groups is 3. The molecule has 11 nitrogen and oxygen atoms in total. The van der Waals surface area contributed by atoms with E-state index in [1.165, 1.54) is 6.20 Å². The molecule has 0 unspecified atom stereocenters. The van der Waals surface area contributed by atoms with Gasteiger partial charge in [-0.2, -0.15) is 0 Å². The molecule has 1 atom stereocenters. The molecule has 41 heavy (non-hydrogen) atoms. The van der Waals surface area contributed by atoms with Crippen LogP contribution in [0.2, 0.25) is 0 Å². The van der Waals surface area contributed by atoms with Crippen molar-refractivity contribution in [3.8, 4) is 11.1 Å². The van der Waals surface area contributed by atoms with Crippen LogP contribution in [-0.4, -0.2) is 49.7 Å². The number of nitrogens with zero attached hydrogens (tertiary/aromatic N) is 5. The average molecular weight is 547 g/mol. The Labute approximate surface area is 235 Å². The topological polar surface area (TPSA) is 156 Å². The first kappa shape index (κ1) is 25.8. The molecule has 11 heteroatoms. The van der Waals surface area contributed by atoms with Gasteiger partial charge in [0.25, 0.3) is 11.8 Å². The molecule has 1 aliphatic carbocycles. The smallest absolute Gasteiger partial charge is 0.336 e. The Morgan fingerprint density at radius 3 is 2.34 bits per heavy atom. The summed E-state index contributed by atoms with van der Waals surface area (Å²) in [4.78, 5) is 57.6. The Balaban J connectivity index is 1.36. The number of anilines is 1. The van der Waals surface area contributed by atoms with E-state index in [2.05, 4.69) is 30.7 Å². The molecule has 1 aliphatic heterocycles. The lowest BCUT2D eigenvalue weighted by Crippen LogP contribution is -2.57. The van der Waals surface area contributed by atoms with Gasteiger partial charge in [-0.05, 0) is 37.5 Å². The summed E-state index contributed by atoms with van der Waals surface area (Å²) in [5.41, 5.74) is 12.4. The molecular weight excluding hydrogens is 520 g/mol. The number of aliphatic imine (C=N–C) groups is 1. The molecule has 1 saturated carbocycles. The lowest BCUT2D eigenvalue weighted by Gasteiger charge is -2.26. The summed E-state index contributed by atoms with van der Waals surface area (Å²) in [5.74, 6) is -0.253. The number of carbonyl (C=O) groups excluding carboxylic acids is 3. The lowest BCUT2D eigenvalue weighted by atomic mass is 10.0. The fourth-order valence-corrected chi connectivity index (χ4v) is 4.65. The Kier molecular flexibility index (Phi) is 6.68. The number of benzene rings is 2. The summed E-state index contributed by atoms with van der Waals surface area (Å²) in [6.45, 7) is 1.85. The molecule has 0 bridgehead atoms. The molecule has 204 valence electrons. The third-order valence-corrected chi connectivity index (χ3v) is 6.84. The zero-order valence-electron chi connectivity index (χ0n) is 22.1. The maximum Gasteiger partial charge on any atom is 0.336 e. The predicted molar refractivity (Wildman–Crippen MR) is 152 cm³/mol. The fourth-order valence-electron chi connectivity index (χ4n) is 4.65. The van der Waals surface area contributed by atoms with Crippen LogP contribution in [-0.2, 0) is 4.79 Å². The summed E-state index contributed by atoms with van der Waals surface area (Å²) in [5, 5.41) is 3.51.